The molecule has 0 aliphatic rings. The summed E-state index contributed by atoms with van der Waals surface area (Å²) in [5.74, 6) is 2.18. The van der Waals surface area contributed by atoms with E-state index in [-0.39, 0.29) is 5.75 Å². The molecule has 0 spiro atoms. The number of hydrogen-bond acceptors (Lipinski definition) is 7. The molecule has 0 bridgehead atoms. The van der Waals surface area contributed by atoms with Crippen molar-refractivity contribution < 1.29 is 23.7 Å². The van der Waals surface area contributed by atoms with Crippen molar-refractivity contribution in [1.82, 2.24) is 4.98 Å². The molecule has 128 valence electrons. The quantitative estimate of drug-likeness (QED) is 0.753. The fourth-order valence-corrected chi connectivity index (χ4v) is 2.17. The molecule has 7 heteroatoms. The Bertz CT molecular complexity index is 733. The number of carbonyl (C=O) groups is 1. The van der Waals surface area contributed by atoms with Crippen molar-refractivity contribution in [2.75, 3.05) is 33.3 Å². The SMILES string of the molecule is COc1ccc(N(C)c2cc(OC)c(OC(C)=O)cn2)c(OC)c1. The number of hydrogen-bond donors (Lipinski definition) is 0. The predicted octanol–water partition coefficient (Wildman–Crippen LogP) is 2.80. The van der Waals surface area contributed by atoms with E-state index in [4.69, 9.17) is 18.9 Å². The standard InChI is InChI=1S/C17H20N2O5/c1-11(20)24-16-10-18-17(9-15(16)23-5)19(2)13-7-6-12(21-3)8-14(13)22-4/h6-10H,1-5H3. The monoisotopic (exact) mass is 332 g/mol. The fraction of sp³-hybridized carbons (Fsp3) is 0.294. The Balaban J connectivity index is 2.39. The van der Waals surface area contributed by atoms with Gasteiger partial charge in [-0.25, -0.2) is 4.98 Å². The fourth-order valence-electron chi connectivity index (χ4n) is 2.17. The molecule has 0 aliphatic heterocycles. The molecule has 0 unspecified atom stereocenters. The van der Waals surface area contributed by atoms with Crippen LogP contribution in [0.2, 0.25) is 0 Å². The van der Waals surface area contributed by atoms with Crippen LogP contribution in [-0.2, 0) is 4.79 Å². The van der Waals surface area contributed by atoms with Gasteiger partial charge in [0.05, 0.1) is 33.2 Å². The molecule has 7 nitrogen and oxygen atoms in total. The van der Waals surface area contributed by atoms with Gasteiger partial charge >= 0.3 is 5.97 Å². The van der Waals surface area contributed by atoms with Crippen LogP contribution < -0.4 is 23.8 Å². The zero-order valence-corrected chi connectivity index (χ0v) is 14.3. The molecule has 24 heavy (non-hydrogen) atoms. The molecule has 0 fully saturated rings. The Labute approximate surface area is 140 Å². The highest BCUT2D eigenvalue weighted by molar-refractivity contribution is 5.72. The van der Waals surface area contributed by atoms with Crippen LogP contribution in [0, 0.1) is 0 Å². The molecule has 1 aromatic heterocycles. The summed E-state index contributed by atoms with van der Waals surface area (Å²) < 4.78 is 21.0. The lowest BCUT2D eigenvalue weighted by atomic mass is 10.2. The maximum absolute atomic E-state index is 11.1. The van der Waals surface area contributed by atoms with Crippen molar-refractivity contribution in [3.63, 3.8) is 0 Å². The largest absolute Gasteiger partial charge is 0.497 e. The molecule has 0 atom stereocenters. The molecule has 1 heterocycles. The first-order chi connectivity index (χ1) is 11.5. The van der Waals surface area contributed by atoms with Gasteiger partial charge in [-0.1, -0.05) is 0 Å². The number of esters is 1. The summed E-state index contributed by atoms with van der Waals surface area (Å²) in [6.07, 6.45) is 1.45. The average molecular weight is 332 g/mol. The van der Waals surface area contributed by atoms with E-state index in [0.29, 0.717) is 23.1 Å². The molecule has 0 aliphatic carbocycles. The Morgan fingerprint density at radius 3 is 2.29 bits per heavy atom. The third-order valence-electron chi connectivity index (χ3n) is 3.38. The van der Waals surface area contributed by atoms with Gasteiger partial charge in [-0.05, 0) is 12.1 Å². The van der Waals surface area contributed by atoms with Gasteiger partial charge in [-0.2, -0.15) is 0 Å². The van der Waals surface area contributed by atoms with Gasteiger partial charge in [0.25, 0.3) is 0 Å². The number of pyridine rings is 1. The highest BCUT2D eigenvalue weighted by Gasteiger charge is 2.16. The molecular formula is C17H20N2O5. The first kappa shape index (κ1) is 17.4. The molecule has 0 amide bonds. The lowest BCUT2D eigenvalue weighted by Crippen LogP contribution is -2.13. The van der Waals surface area contributed by atoms with Gasteiger partial charge in [0.15, 0.2) is 11.5 Å². The van der Waals surface area contributed by atoms with Crippen molar-refractivity contribution in [2.45, 2.75) is 6.92 Å². The van der Waals surface area contributed by atoms with Crippen molar-refractivity contribution in [1.29, 1.82) is 0 Å². The zero-order valence-electron chi connectivity index (χ0n) is 14.3. The van der Waals surface area contributed by atoms with E-state index < -0.39 is 5.97 Å². The topological polar surface area (TPSA) is 70.1 Å². The number of rotatable bonds is 6. The van der Waals surface area contributed by atoms with Crippen LogP contribution in [0.3, 0.4) is 0 Å². The molecule has 1 aromatic carbocycles. The minimum atomic E-state index is -0.437. The van der Waals surface area contributed by atoms with Crippen LogP contribution in [0.5, 0.6) is 23.0 Å². The molecule has 0 saturated carbocycles. The number of aromatic nitrogens is 1. The first-order valence-electron chi connectivity index (χ1n) is 7.18. The third kappa shape index (κ3) is 3.68. The second-order valence-corrected chi connectivity index (χ2v) is 4.88. The number of methoxy groups -OCH3 is 3. The van der Waals surface area contributed by atoms with Crippen LogP contribution >= 0.6 is 0 Å². The Kier molecular flexibility index (Phi) is 5.47. The summed E-state index contributed by atoms with van der Waals surface area (Å²) in [7, 11) is 6.53. The van der Waals surface area contributed by atoms with Crippen molar-refractivity contribution in [2.24, 2.45) is 0 Å². The van der Waals surface area contributed by atoms with Crippen molar-refractivity contribution >= 4 is 17.5 Å². The minimum absolute atomic E-state index is 0.267. The lowest BCUT2D eigenvalue weighted by molar-refractivity contribution is -0.132. The number of carbonyl (C=O) groups excluding carboxylic acids is 1. The van der Waals surface area contributed by atoms with Gasteiger partial charge < -0.3 is 23.8 Å². The Morgan fingerprint density at radius 1 is 1.00 bits per heavy atom. The predicted molar refractivity (Wildman–Crippen MR) is 89.7 cm³/mol. The molecule has 2 aromatic rings. The van der Waals surface area contributed by atoms with Crippen LogP contribution in [0.4, 0.5) is 11.5 Å². The van der Waals surface area contributed by atoms with Crippen molar-refractivity contribution in [3.05, 3.63) is 30.5 Å². The minimum Gasteiger partial charge on any atom is -0.497 e. The van der Waals surface area contributed by atoms with Crippen LogP contribution in [0.15, 0.2) is 30.5 Å². The summed E-state index contributed by atoms with van der Waals surface area (Å²) in [6.45, 7) is 1.32. The second kappa shape index (κ2) is 7.54. The first-order valence-corrected chi connectivity index (χ1v) is 7.18. The number of ether oxygens (including phenoxy) is 4. The maximum Gasteiger partial charge on any atom is 0.308 e. The summed E-state index contributed by atoms with van der Waals surface area (Å²) in [5, 5.41) is 0. The third-order valence-corrected chi connectivity index (χ3v) is 3.38. The molecular weight excluding hydrogens is 312 g/mol. The lowest BCUT2D eigenvalue weighted by Gasteiger charge is -2.22. The van der Waals surface area contributed by atoms with Gasteiger partial charge in [0.2, 0.25) is 0 Å². The molecule has 0 saturated heterocycles. The van der Waals surface area contributed by atoms with Crippen molar-refractivity contribution in [3.8, 4) is 23.0 Å². The average Bonchev–Trinajstić information content (AvgIpc) is 2.60. The number of nitrogens with zero attached hydrogens (tertiary/aromatic N) is 2. The van der Waals surface area contributed by atoms with Crippen LogP contribution in [0.25, 0.3) is 0 Å². The number of anilines is 2. The van der Waals surface area contributed by atoms with E-state index in [1.165, 1.54) is 20.2 Å². The smallest absolute Gasteiger partial charge is 0.308 e. The van der Waals surface area contributed by atoms with Gasteiger partial charge in [-0.15, -0.1) is 0 Å². The highest BCUT2D eigenvalue weighted by Crippen LogP contribution is 2.37. The van der Waals surface area contributed by atoms with Crippen LogP contribution in [-0.4, -0.2) is 39.3 Å². The number of benzene rings is 1. The molecule has 0 N–H and O–H groups in total. The van der Waals surface area contributed by atoms with Gasteiger partial charge in [-0.3, -0.25) is 4.79 Å². The molecule has 0 radical (unpaired) electrons. The van der Waals surface area contributed by atoms with Gasteiger partial charge in [0, 0.05) is 26.1 Å². The van der Waals surface area contributed by atoms with E-state index in [1.807, 2.05) is 24.1 Å². The molecule has 2 rings (SSSR count). The zero-order chi connectivity index (χ0) is 17.7. The van der Waals surface area contributed by atoms with E-state index in [9.17, 15) is 4.79 Å². The summed E-state index contributed by atoms with van der Waals surface area (Å²) in [4.78, 5) is 17.3. The van der Waals surface area contributed by atoms with E-state index >= 15 is 0 Å². The summed E-state index contributed by atoms with van der Waals surface area (Å²) >= 11 is 0. The highest BCUT2D eigenvalue weighted by atomic mass is 16.6. The maximum atomic E-state index is 11.1. The van der Waals surface area contributed by atoms with E-state index in [1.54, 1.807) is 26.4 Å². The normalized spacial score (nSPS) is 10.0. The Morgan fingerprint density at radius 2 is 1.71 bits per heavy atom. The summed E-state index contributed by atoms with van der Waals surface area (Å²) in [6, 6.07) is 7.17. The van der Waals surface area contributed by atoms with Gasteiger partial charge in [0.1, 0.15) is 17.3 Å². The summed E-state index contributed by atoms with van der Waals surface area (Å²) in [5.41, 5.74) is 0.799. The Hall–Kier alpha value is -2.96. The van der Waals surface area contributed by atoms with E-state index in [2.05, 4.69) is 4.98 Å². The van der Waals surface area contributed by atoms with Crippen LogP contribution in [0.1, 0.15) is 6.92 Å². The second-order valence-electron chi connectivity index (χ2n) is 4.88. The van der Waals surface area contributed by atoms with E-state index in [0.717, 1.165) is 5.69 Å².